The average molecular weight is 407 g/mol. The van der Waals surface area contributed by atoms with Crippen LogP contribution in [0.2, 0.25) is 5.02 Å². The summed E-state index contributed by atoms with van der Waals surface area (Å²) in [5.74, 6) is -1.33. The van der Waals surface area contributed by atoms with E-state index in [1.807, 2.05) is 0 Å². The van der Waals surface area contributed by atoms with Crippen molar-refractivity contribution in [2.75, 3.05) is 4.90 Å². The summed E-state index contributed by atoms with van der Waals surface area (Å²) >= 11 is 6.22. The lowest BCUT2D eigenvalue weighted by molar-refractivity contribution is 0.0926. The predicted octanol–water partition coefficient (Wildman–Crippen LogP) is 4.32. The first-order chi connectivity index (χ1) is 14.0. The Kier molecular flexibility index (Phi) is 3.75. The standard InChI is InChI=1S/C21H12ClFN4O2/c1-11-17-18-14(20(28)26(21(18)29)16-5-3-2-4-15(16)22)10-24-19(17)27(25-11)13-8-6-12(23)7-9-13/h2-10H,1H3. The third-order valence-electron chi connectivity index (χ3n) is 4.89. The molecule has 0 aliphatic carbocycles. The quantitative estimate of drug-likeness (QED) is 0.465. The van der Waals surface area contributed by atoms with Crippen molar-refractivity contribution >= 4 is 40.1 Å². The van der Waals surface area contributed by atoms with E-state index < -0.39 is 11.8 Å². The van der Waals surface area contributed by atoms with Crippen LogP contribution in [0.5, 0.6) is 0 Å². The Balaban J connectivity index is 1.73. The Morgan fingerprint density at radius 2 is 1.72 bits per heavy atom. The molecule has 29 heavy (non-hydrogen) atoms. The number of benzene rings is 2. The number of amides is 2. The molecule has 0 bridgehead atoms. The second-order valence-electron chi connectivity index (χ2n) is 6.62. The van der Waals surface area contributed by atoms with E-state index >= 15 is 0 Å². The van der Waals surface area contributed by atoms with Crippen LogP contribution >= 0.6 is 11.6 Å². The number of hydrogen-bond acceptors (Lipinski definition) is 4. The number of para-hydroxylation sites is 1. The first-order valence-electron chi connectivity index (χ1n) is 8.75. The van der Waals surface area contributed by atoms with Gasteiger partial charge in [0.2, 0.25) is 0 Å². The molecule has 1 aliphatic rings. The lowest BCUT2D eigenvalue weighted by Gasteiger charge is -2.15. The van der Waals surface area contributed by atoms with Gasteiger partial charge in [-0.2, -0.15) is 5.10 Å². The van der Waals surface area contributed by atoms with Gasteiger partial charge in [0, 0.05) is 6.20 Å². The van der Waals surface area contributed by atoms with Gasteiger partial charge >= 0.3 is 0 Å². The third-order valence-corrected chi connectivity index (χ3v) is 5.21. The maximum atomic E-state index is 13.3. The molecule has 0 saturated carbocycles. The molecule has 0 unspecified atom stereocenters. The molecule has 0 fully saturated rings. The van der Waals surface area contributed by atoms with Crippen LogP contribution in [-0.2, 0) is 0 Å². The summed E-state index contributed by atoms with van der Waals surface area (Å²) in [6.07, 6.45) is 1.37. The first kappa shape index (κ1) is 17.5. The molecule has 0 radical (unpaired) electrons. The fourth-order valence-electron chi connectivity index (χ4n) is 3.57. The summed E-state index contributed by atoms with van der Waals surface area (Å²) in [4.78, 5) is 31.7. The largest absolute Gasteiger partial charge is 0.268 e. The molecule has 5 rings (SSSR count). The maximum Gasteiger partial charge on any atom is 0.267 e. The van der Waals surface area contributed by atoms with Crippen LogP contribution in [0.15, 0.2) is 54.7 Å². The minimum atomic E-state index is -0.485. The number of halogens is 2. The highest BCUT2D eigenvalue weighted by Gasteiger charge is 2.40. The molecule has 8 heteroatoms. The van der Waals surface area contributed by atoms with Gasteiger partial charge in [-0.05, 0) is 43.3 Å². The molecular weight excluding hydrogens is 395 g/mol. The highest BCUT2D eigenvalue weighted by Crippen LogP contribution is 2.36. The molecule has 142 valence electrons. The van der Waals surface area contributed by atoms with Crippen molar-refractivity contribution in [2.24, 2.45) is 0 Å². The molecular formula is C21H12ClFN4O2. The lowest BCUT2D eigenvalue weighted by atomic mass is 10.1. The Labute approximate surface area is 169 Å². The monoisotopic (exact) mass is 406 g/mol. The van der Waals surface area contributed by atoms with E-state index in [4.69, 9.17) is 11.6 Å². The molecule has 0 saturated heterocycles. The third kappa shape index (κ3) is 2.48. The zero-order chi connectivity index (χ0) is 20.3. The van der Waals surface area contributed by atoms with Gasteiger partial charge in [-0.3, -0.25) is 9.59 Å². The molecule has 0 atom stereocenters. The lowest BCUT2D eigenvalue weighted by Crippen LogP contribution is -2.29. The molecule has 2 aromatic carbocycles. The van der Waals surface area contributed by atoms with E-state index in [2.05, 4.69) is 10.1 Å². The zero-order valence-electron chi connectivity index (χ0n) is 15.1. The van der Waals surface area contributed by atoms with Crippen molar-refractivity contribution in [1.29, 1.82) is 0 Å². The van der Waals surface area contributed by atoms with Crippen molar-refractivity contribution in [3.63, 3.8) is 0 Å². The smallest absolute Gasteiger partial charge is 0.267 e. The van der Waals surface area contributed by atoms with Gasteiger partial charge in [0.1, 0.15) is 5.82 Å². The SMILES string of the molecule is Cc1nn(-c2ccc(F)cc2)c2ncc3c(c12)C(=O)N(c1ccccc1Cl)C3=O. The van der Waals surface area contributed by atoms with Gasteiger partial charge in [-0.1, -0.05) is 23.7 Å². The van der Waals surface area contributed by atoms with E-state index in [0.29, 0.717) is 33.1 Å². The second-order valence-corrected chi connectivity index (χ2v) is 7.02. The number of rotatable bonds is 2. The fraction of sp³-hybridized carbons (Fsp3) is 0.0476. The average Bonchev–Trinajstić information content (AvgIpc) is 3.18. The van der Waals surface area contributed by atoms with Crippen molar-refractivity contribution < 1.29 is 14.0 Å². The Morgan fingerprint density at radius 1 is 1.00 bits per heavy atom. The molecule has 1 aliphatic heterocycles. The Morgan fingerprint density at radius 3 is 2.45 bits per heavy atom. The minimum absolute atomic E-state index is 0.198. The summed E-state index contributed by atoms with van der Waals surface area (Å²) in [6, 6.07) is 12.4. The number of imide groups is 1. The van der Waals surface area contributed by atoms with Gasteiger partial charge < -0.3 is 0 Å². The summed E-state index contributed by atoms with van der Waals surface area (Å²) in [7, 11) is 0. The van der Waals surface area contributed by atoms with Gasteiger partial charge in [0.25, 0.3) is 11.8 Å². The minimum Gasteiger partial charge on any atom is -0.268 e. The second kappa shape index (κ2) is 6.22. The van der Waals surface area contributed by atoms with E-state index in [1.165, 1.54) is 23.0 Å². The molecule has 2 aromatic heterocycles. The van der Waals surface area contributed by atoms with Gasteiger partial charge in [0.05, 0.1) is 38.6 Å². The molecule has 2 amide bonds. The van der Waals surface area contributed by atoms with Crippen LogP contribution in [0.1, 0.15) is 26.4 Å². The summed E-state index contributed by atoms with van der Waals surface area (Å²) in [5, 5.41) is 5.25. The topological polar surface area (TPSA) is 68.1 Å². The number of carbonyl (C=O) groups excluding carboxylic acids is 2. The highest BCUT2D eigenvalue weighted by atomic mass is 35.5. The van der Waals surface area contributed by atoms with E-state index in [9.17, 15) is 14.0 Å². The number of fused-ring (bicyclic) bond motifs is 3. The highest BCUT2D eigenvalue weighted by molar-refractivity contribution is 6.41. The van der Waals surface area contributed by atoms with Gasteiger partial charge in [0.15, 0.2) is 5.65 Å². The maximum absolute atomic E-state index is 13.3. The van der Waals surface area contributed by atoms with Crippen LogP contribution < -0.4 is 4.90 Å². The number of anilines is 1. The van der Waals surface area contributed by atoms with Gasteiger partial charge in [-0.15, -0.1) is 0 Å². The summed E-state index contributed by atoms with van der Waals surface area (Å²) in [5.41, 5.74) is 2.30. The molecule has 3 heterocycles. The summed E-state index contributed by atoms with van der Waals surface area (Å²) < 4.78 is 14.8. The van der Waals surface area contributed by atoms with Gasteiger partial charge in [-0.25, -0.2) is 19.0 Å². The van der Waals surface area contributed by atoms with E-state index in [-0.39, 0.29) is 16.9 Å². The molecule has 0 N–H and O–H groups in total. The van der Waals surface area contributed by atoms with E-state index in [1.54, 1.807) is 43.3 Å². The number of pyridine rings is 1. The van der Waals surface area contributed by atoms with E-state index in [0.717, 1.165) is 4.90 Å². The number of hydrogen-bond donors (Lipinski definition) is 0. The van der Waals surface area contributed by atoms with Crippen LogP contribution in [0.3, 0.4) is 0 Å². The van der Waals surface area contributed by atoms with Crippen LogP contribution in [0.25, 0.3) is 16.7 Å². The first-order valence-corrected chi connectivity index (χ1v) is 9.13. The normalized spacial score (nSPS) is 13.4. The number of aromatic nitrogens is 3. The number of nitrogens with zero attached hydrogens (tertiary/aromatic N) is 4. The predicted molar refractivity (Wildman–Crippen MR) is 106 cm³/mol. The molecule has 0 spiro atoms. The van der Waals surface area contributed by atoms with Crippen LogP contribution in [0.4, 0.5) is 10.1 Å². The molecule has 4 aromatic rings. The Hall–Kier alpha value is -3.58. The zero-order valence-corrected chi connectivity index (χ0v) is 15.8. The Bertz CT molecular complexity index is 1330. The van der Waals surface area contributed by atoms with Crippen molar-refractivity contribution in [2.45, 2.75) is 6.92 Å². The molecule has 6 nitrogen and oxygen atoms in total. The van der Waals surface area contributed by atoms with Crippen molar-refractivity contribution in [3.05, 3.63) is 82.4 Å². The number of aryl methyl sites for hydroxylation is 1. The van der Waals surface area contributed by atoms with Crippen LogP contribution in [0, 0.1) is 12.7 Å². The number of carbonyl (C=O) groups is 2. The van der Waals surface area contributed by atoms with Crippen molar-refractivity contribution in [3.8, 4) is 5.69 Å². The summed E-state index contributed by atoms with van der Waals surface area (Å²) in [6.45, 7) is 1.74. The van der Waals surface area contributed by atoms with Crippen LogP contribution in [-0.4, -0.2) is 26.6 Å². The fourth-order valence-corrected chi connectivity index (χ4v) is 3.80. The van der Waals surface area contributed by atoms with Crippen molar-refractivity contribution in [1.82, 2.24) is 14.8 Å².